The third-order valence-electron chi connectivity index (χ3n) is 5.01. The van der Waals surface area contributed by atoms with E-state index in [2.05, 4.69) is 36.4 Å². The van der Waals surface area contributed by atoms with Crippen LogP contribution in [0.5, 0.6) is 0 Å². The third-order valence-corrected chi connectivity index (χ3v) is 5.70. The van der Waals surface area contributed by atoms with Crippen LogP contribution in [0.4, 0.5) is 15.2 Å². The summed E-state index contributed by atoms with van der Waals surface area (Å²) in [6.07, 6.45) is 8.22. The molecular weight excluding hydrogens is 389 g/mol. The Bertz CT molecular complexity index is 800. The van der Waals surface area contributed by atoms with Crippen molar-refractivity contribution in [3.05, 3.63) is 41.2 Å². The highest BCUT2D eigenvalue weighted by Crippen LogP contribution is 2.34. The molecule has 29 heavy (non-hydrogen) atoms. The summed E-state index contributed by atoms with van der Waals surface area (Å²) in [5.41, 5.74) is 0.181. The number of rotatable bonds is 11. The average Bonchev–Trinajstić information content (AvgIpc) is 3.19. The summed E-state index contributed by atoms with van der Waals surface area (Å²) < 4.78 is 14.5. The van der Waals surface area contributed by atoms with Gasteiger partial charge in [-0.2, -0.15) is 0 Å². The van der Waals surface area contributed by atoms with E-state index in [4.69, 9.17) is 0 Å². The van der Waals surface area contributed by atoms with Gasteiger partial charge in [0, 0.05) is 23.6 Å². The molecule has 0 saturated carbocycles. The molecule has 1 heterocycles. The van der Waals surface area contributed by atoms with Crippen molar-refractivity contribution in [2.45, 2.75) is 65.7 Å². The van der Waals surface area contributed by atoms with E-state index in [9.17, 15) is 14.0 Å². The second kappa shape index (κ2) is 11.0. The van der Waals surface area contributed by atoms with Gasteiger partial charge in [0.05, 0.1) is 5.69 Å². The Balaban J connectivity index is 2.00. The van der Waals surface area contributed by atoms with E-state index in [0.717, 1.165) is 44.6 Å². The molecule has 0 unspecified atom stereocenters. The van der Waals surface area contributed by atoms with Gasteiger partial charge in [-0.3, -0.25) is 14.9 Å². The minimum Gasteiger partial charge on any atom is -0.324 e. The number of unbranched alkanes of at least 4 members (excludes halogenated alkanes) is 2. The predicted octanol–water partition coefficient (Wildman–Crippen LogP) is 6.25. The molecule has 0 saturated heterocycles. The van der Waals surface area contributed by atoms with E-state index >= 15 is 0 Å². The minimum absolute atomic E-state index is 0.0832. The quantitative estimate of drug-likeness (QED) is 0.452. The Morgan fingerprint density at radius 1 is 1.14 bits per heavy atom. The first-order valence-electron chi connectivity index (χ1n) is 10.2. The molecule has 0 aliphatic rings. The molecule has 0 aliphatic heterocycles. The van der Waals surface area contributed by atoms with E-state index in [-0.39, 0.29) is 22.6 Å². The van der Waals surface area contributed by atoms with Crippen molar-refractivity contribution in [2.75, 3.05) is 10.6 Å². The van der Waals surface area contributed by atoms with Crippen LogP contribution in [0.2, 0.25) is 0 Å². The maximum Gasteiger partial charge on any atom is 0.257 e. The smallest absolute Gasteiger partial charge is 0.257 e. The fourth-order valence-electron chi connectivity index (χ4n) is 3.30. The Morgan fingerprint density at radius 2 is 1.83 bits per heavy atom. The van der Waals surface area contributed by atoms with Gasteiger partial charge >= 0.3 is 0 Å². The maximum atomic E-state index is 14.5. The molecule has 7 heteroatoms. The van der Waals surface area contributed by atoms with Crippen molar-refractivity contribution in [1.29, 1.82) is 0 Å². The first kappa shape index (κ1) is 23.0. The number of thiazole rings is 1. The number of anilines is 2. The van der Waals surface area contributed by atoms with Crippen molar-refractivity contribution in [3.8, 4) is 0 Å². The molecule has 2 aromatic rings. The molecule has 1 aromatic carbocycles. The van der Waals surface area contributed by atoms with Crippen molar-refractivity contribution in [1.82, 2.24) is 4.98 Å². The van der Waals surface area contributed by atoms with Crippen molar-refractivity contribution >= 4 is 34.0 Å². The molecule has 0 aliphatic carbocycles. The number of benzene rings is 1. The van der Waals surface area contributed by atoms with E-state index in [1.807, 2.05) is 0 Å². The fraction of sp³-hybridized carbons (Fsp3) is 0.500. The molecule has 5 nitrogen and oxygen atoms in total. The van der Waals surface area contributed by atoms with E-state index in [1.165, 1.54) is 23.5 Å². The van der Waals surface area contributed by atoms with Crippen LogP contribution in [0.25, 0.3) is 0 Å². The lowest BCUT2D eigenvalue weighted by Gasteiger charge is -2.29. The van der Waals surface area contributed by atoms with Crippen LogP contribution >= 0.6 is 11.3 Å². The number of aromatic nitrogens is 1. The van der Waals surface area contributed by atoms with Crippen LogP contribution in [0, 0.1) is 11.2 Å². The molecule has 0 atom stereocenters. The maximum absolute atomic E-state index is 14.5. The number of nitrogens with zero attached hydrogens (tertiary/aromatic N) is 1. The fourth-order valence-corrected chi connectivity index (χ4v) is 3.83. The molecule has 0 spiro atoms. The highest BCUT2D eigenvalue weighted by atomic mass is 32.1. The molecule has 1 aromatic heterocycles. The van der Waals surface area contributed by atoms with Crippen LogP contribution in [0.1, 0.15) is 76.1 Å². The van der Waals surface area contributed by atoms with Gasteiger partial charge < -0.3 is 5.32 Å². The SMILES string of the molecule is CCCCC(C)(CCCC)CC(=O)Nc1ccc(C(=O)Nc2nccs2)cc1F. The van der Waals surface area contributed by atoms with Gasteiger partial charge in [0.2, 0.25) is 5.91 Å². The Labute approximate surface area is 176 Å². The lowest BCUT2D eigenvalue weighted by molar-refractivity contribution is -0.118. The highest BCUT2D eigenvalue weighted by Gasteiger charge is 2.27. The zero-order chi connectivity index (χ0) is 21.3. The summed E-state index contributed by atoms with van der Waals surface area (Å²) in [5.74, 6) is -1.27. The second-order valence-corrected chi connectivity index (χ2v) is 8.62. The lowest BCUT2D eigenvalue weighted by atomic mass is 9.77. The molecule has 0 radical (unpaired) electrons. The van der Waals surface area contributed by atoms with Gasteiger partial charge in [-0.25, -0.2) is 9.37 Å². The van der Waals surface area contributed by atoms with E-state index < -0.39 is 11.7 Å². The number of carbonyl (C=O) groups excluding carboxylic acids is 2. The molecule has 158 valence electrons. The summed E-state index contributed by atoms with van der Waals surface area (Å²) in [6, 6.07) is 4.06. The summed E-state index contributed by atoms with van der Waals surface area (Å²) in [7, 11) is 0. The predicted molar refractivity (Wildman–Crippen MR) is 117 cm³/mol. The zero-order valence-electron chi connectivity index (χ0n) is 17.4. The van der Waals surface area contributed by atoms with Crippen molar-refractivity contribution < 1.29 is 14.0 Å². The average molecular weight is 420 g/mol. The minimum atomic E-state index is -0.631. The van der Waals surface area contributed by atoms with Gasteiger partial charge in [0.1, 0.15) is 5.82 Å². The Hall–Kier alpha value is -2.28. The standard InChI is InChI=1S/C22H30FN3O2S/c1-4-6-10-22(3,11-7-5-2)15-19(27)25-18-9-8-16(14-17(18)23)20(28)26-21-24-12-13-29-21/h8-9,12-14H,4-7,10-11,15H2,1-3H3,(H,25,27)(H,24,26,28). The van der Waals surface area contributed by atoms with Crippen molar-refractivity contribution in [2.24, 2.45) is 5.41 Å². The number of nitrogens with one attached hydrogen (secondary N) is 2. The first-order chi connectivity index (χ1) is 13.9. The van der Waals surface area contributed by atoms with E-state index in [1.54, 1.807) is 11.6 Å². The van der Waals surface area contributed by atoms with E-state index in [0.29, 0.717) is 11.6 Å². The van der Waals surface area contributed by atoms with Crippen LogP contribution in [0.15, 0.2) is 29.8 Å². The number of amides is 2. The number of halogens is 1. The monoisotopic (exact) mass is 419 g/mol. The normalized spacial score (nSPS) is 11.3. The molecule has 2 N–H and O–H groups in total. The number of hydrogen-bond donors (Lipinski definition) is 2. The second-order valence-electron chi connectivity index (χ2n) is 7.73. The summed E-state index contributed by atoms with van der Waals surface area (Å²) in [5, 5.41) is 7.47. The number of hydrogen-bond acceptors (Lipinski definition) is 4. The van der Waals surface area contributed by atoms with Gasteiger partial charge in [-0.05, 0) is 36.5 Å². The van der Waals surface area contributed by atoms with Crippen LogP contribution in [-0.2, 0) is 4.79 Å². The zero-order valence-corrected chi connectivity index (χ0v) is 18.2. The summed E-state index contributed by atoms with van der Waals surface area (Å²) >= 11 is 1.28. The summed E-state index contributed by atoms with van der Waals surface area (Å²) in [4.78, 5) is 28.7. The molecule has 0 bridgehead atoms. The van der Waals surface area contributed by atoms with Crippen LogP contribution in [0.3, 0.4) is 0 Å². The van der Waals surface area contributed by atoms with Gasteiger partial charge in [-0.1, -0.05) is 46.5 Å². The molecular formula is C22H30FN3O2S. The van der Waals surface area contributed by atoms with Crippen LogP contribution in [-0.4, -0.2) is 16.8 Å². The van der Waals surface area contributed by atoms with Gasteiger partial charge in [-0.15, -0.1) is 11.3 Å². The topological polar surface area (TPSA) is 71.1 Å². The number of carbonyl (C=O) groups is 2. The van der Waals surface area contributed by atoms with Gasteiger partial charge in [0.25, 0.3) is 5.91 Å². The largest absolute Gasteiger partial charge is 0.324 e. The van der Waals surface area contributed by atoms with Gasteiger partial charge in [0.15, 0.2) is 5.13 Å². The lowest BCUT2D eigenvalue weighted by Crippen LogP contribution is -2.25. The molecule has 2 rings (SSSR count). The molecule has 0 fully saturated rings. The first-order valence-corrected chi connectivity index (χ1v) is 11.0. The highest BCUT2D eigenvalue weighted by molar-refractivity contribution is 7.13. The molecule has 2 amide bonds. The Morgan fingerprint density at radius 3 is 2.38 bits per heavy atom. The third kappa shape index (κ3) is 7.24. The van der Waals surface area contributed by atoms with Crippen LogP contribution < -0.4 is 10.6 Å². The summed E-state index contributed by atoms with van der Waals surface area (Å²) in [6.45, 7) is 6.42. The van der Waals surface area contributed by atoms with Crippen molar-refractivity contribution in [3.63, 3.8) is 0 Å². The Kier molecular flexibility index (Phi) is 8.76.